The summed E-state index contributed by atoms with van der Waals surface area (Å²) < 4.78 is 19.2. The molecule has 1 aliphatic carbocycles. The van der Waals surface area contributed by atoms with Crippen molar-refractivity contribution in [3.05, 3.63) is 102 Å². The van der Waals surface area contributed by atoms with Crippen LogP contribution in [0.4, 0.5) is 4.39 Å². The summed E-state index contributed by atoms with van der Waals surface area (Å²) in [5.41, 5.74) is 3.91. The van der Waals surface area contributed by atoms with E-state index >= 15 is 0 Å². The summed E-state index contributed by atoms with van der Waals surface area (Å²) in [6.07, 6.45) is 8.73. The van der Waals surface area contributed by atoms with Crippen molar-refractivity contribution in [2.24, 2.45) is 5.92 Å². The molecule has 0 saturated heterocycles. The number of nitrogens with zero attached hydrogens (tertiary/aromatic N) is 2. The summed E-state index contributed by atoms with van der Waals surface area (Å²) in [7, 11) is 1.63. The van der Waals surface area contributed by atoms with Gasteiger partial charge in [0.2, 0.25) is 11.8 Å². The molecule has 0 bridgehead atoms. The molecule has 2 amide bonds. The van der Waals surface area contributed by atoms with Gasteiger partial charge in [-0.2, -0.15) is 0 Å². The molecule has 3 aromatic carbocycles. The van der Waals surface area contributed by atoms with Crippen molar-refractivity contribution < 1.29 is 18.7 Å². The predicted molar refractivity (Wildman–Crippen MR) is 163 cm³/mol. The summed E-state index contributed by atoms with van der Waals surface area (Å²) in [5, 5.41) is 1.14. The van der Waals surface area contributed by atoms with E-state index in [2.05, 4.69) is 11.1 Å². The molecule has 6 nitrogen and oxygen atoms in total. The number of rotatable bonds is 13. The minimum Gasteiger partial charge on any atom is -0.496 e. The van der Waals surface area contributed by atoms with Gasteiger partial charge in [0.25, 0.3) is 0 Å². The van der Waals surface area contributed by atoms with Gasteiger partial charge in [0.15, 0.2) is 0 Å². The molecule has 0 unspecified atom stereocenters. The van der Waals surface area contributed by atoms with Crippen LogP contribution in [0.3, 0.4) is 0 Å². The molecule has 7 heteroatoms. The number of hydrogen-bond acceptors (Lipinski definition) is 3. The number of benzene rings is 3. The van der Waals surface area contributed by atoms with Crippen LogP contribution < -0.4 is 4.74 Å². The molecule has 0 atom stereocenters. The third-order valence-corrected chi connectivity index (χ3v) is 8.44. The average molecular weight is 570 g/mol. The first kappa shape index (κ1) is 29.4. The van der Waals surface area contributed by atoms with Crippen molar-refractivity contribution >= 4 is 22.7 Å². The number of aromatic nitrogens is 1. The van der Waals surface area contributed by atoms with Crippen molar-refractivity contribution in [3.63, 3.8) is 0 Å². The smallest absolute Gasteiger partial charge is 0.242 e. The number of fused-ring (bicyclic) bond motifs is 1. The van der Waals surface area contributed by atoms with Crippen molar-refractivity contribution in [2.45, 2.75) is 58.0 Å². The lowest BCUT2D eigenvalue weighted by molar-refractivity contribution is -0.141. The maximum Gasteiger partial charge on any atom is 0.242 e. The maximum atomic E-state index is 14.0. The monoisotopic (exact) mass is 569 g/mol. The van der Waals surface area contributed by atoms with E-state index in [1.807, 2.05) is 53.6 Å². The van der Waals surface area contributed by atoms with Gasteiger partial charge in [0.05, 0.1) is 7.11 Å². The number of methoxy groups -OCH3 is 1. The Hall–Kier alpha value is -4.13. The predicted octanol–water partition coefficient (Wildman–Crippen LogP) is 6.89. The van der Waals surface area contributed by atoms with Crippen LogP contribution in [0.1, 0.15) is 55.2 Å². The number of ether oxygens (including phenoxy) is 1. The Morgan fingerprint density at radius 3 is 2.40 bits per heavy atom. The zero-order chi connectivity index (χ0) is 29.3. The summed E-state index contributed by atoms with van der Waals surface area (Å²) in [4.78, 5) is 34.3. The SMILES string of the molecule is COc1ccccc1CN(CCc1c[nH]c2ccccc12)C(=O)CN(Cc1ccc(F)cc1)C(=O)CCC1CCCC1. The quantitative estimate of drug-likeness (QED) is 0.191. The van der Waals surface area contributed by atoms with Crippen LogP contribution in [-0.2, 0) is 29.1 Å². The Morgan fingerprint density at radius 2 is 1.62 bits per heavy atom. The number of aromatic amines is 1. The second-order valence-corrected chi connectivity index (χ2v) is 11.3. The van der Waals surface area contributed by atoms with E-state index in [9.17, 15) is 14.0 Å². The van der Waals surface area contributed by atoms with Gasteiger partial charge >= 0.3 is 0 Å². The molecule has 0 spiro atoms. The zero-order valence-corrected chi connectivity index (χ0v) is 24.4. The molecular formula is C35H40FN3O3. The molecule has 1 fully saturated rings. The van der Waals surface area contributed by atoms with Gasteiger partial charge in [-0.25, -0.2) is 4.39 Å². The number of amides is 2. The van der Waals surface area contributed by atoms with Gasteiger partial charge in [-0.15, -0.1) is 0 Å². The minimum absolute atomic E-state index is 0.0338. The zero-order valence-electron chi connectivity index (χ0n) is 24.4. The van der Waals surface area contributed by atoms with Gasteiger partial charge in [-0.05, 0) is 54.2 Å². The fraction of sp³-hybridized carbons (Fsp3) is 0.371. The highest BCUT2D eigenvalue weighted by Crippen LogP contribution is 2.29. The largest absolute Gasteiger partial charge is 0.496 e. The van der Waals surface area contributed by atoms with Crippen LogP contribution in [0.15, 0.2) is 79.0 Å². The maximum absolute atomic E-state index is 14.0. The van der Waals surface area contributed by atoms with Gasteiger partial charge in [0.1, 0.15) is 18.1 Å². The van der Waals surface area contributed by atoms with Gasteiger partial charge in [0, 0.05) is 48.7 Å². The lowest BCUT2D eigenvalue weighted by Crippen LogP contribution is -2.43. The number of nitrogens with one attached hydrogen (secondary N) is 1. The second kappa shape index (κ2) is 14.2. The molecule has 0 aliphatic heterocycles. The second-order valence-electron chi connectivity index (χ2n) is 11.3. The standard InChI is InChI=1S/C35H40FN3O3/c1-42-33-13-7-4-10-29(33)24-38(21-20-28-22-37-32-12-6-5-11-31(28)32)35(41)25-39(23-27-14-17-30(36)18-15-27)34(40)19-16-26-8-2-3-9-26/h4-7,10-15,17-18,22,26,37H,2-3,8-9,16,19-21,23-25H2,1H3. The highest BCUT2D eigenvalue weighted by Gasteiger charge is 2.24. The minimum atomic E-state index is -0.325. The van der Waals surface area contributed by atoms with E-state index in [1.54, 1.807) is 24.1 Å². The van der Waals surface area contributed by atoms with Crippen LogP contribution in [0.5, 0.6) is 5.75 Å². The topological polar surface area (TPSA) is 65.6 Å². The van der Waals surface area contributed by atoms with E-state index in [-0.39, 0.29) is 30.7 Å². The molecular weight excluding hydrogens is 529 g/mol. The van der Waals surface area contributed by atoms with Crippen molar-refractivity contribution in [1.82, 2.24) is 14.8 Å². The van der Waals surface area contributed by atoms with Crippen LogP contribution in [0, 0.1) is 11.7 Å². The van der Waals surface area contributed by atoms with Crippen molar-refractivity contribution in [3.8, 4) is 5.75 Å². The Labute approximate surface area is 247 Å². The molecule has 220 valence electrons. The average Bonchev–Trinajstić information content (AvgIpc) is 3.69. The van der Waals surface area contributed by atoms with E-state index < -0.39 is 0 Å². The number of para-hydroxylation sites is 2. The number of hydrogen-bond donors (Lipinski definition) is 1. The number of carbonyl (C=O) groups is 2. The summed E-state index contributed by atoms with van der Waals surface area (Å²) in [6.45, 7) is 1.08. The first-order valence-electron chi connectivity index (χ1n) is 15.0. The summed E-state index contributed by atoms with van der Waals surface area (Å²) >= 11 is 0. The Balaban J connectivity index is 1.35. The molecule has 5 rings (SSSR count). The molecule has 1 aliphatic rings. The Morgan fingerprint density at radius 1 is 0.881 bits per heavy atom. The van der Waals surface area contributed by atoms with E-state index in [1.165, 1.54) is 37.8 Å². The Kier molecular flexibility index (Phi) is 9.90. The van der Waals surface area contributed by atoms with Gasteiger partial charge < -0.3 is 19.5 Å². The third kappa shape index (κ3) is 7.58. The molecule has 1 saturated carbocycles. The highest BCUT2D eigenvalue weighted by atomic mass is 19.1. The molecule has 1 aromatic heterocycles. The van der Waals surface area contributed by atoms with E-state index in [0.29, 0.717) is 31.8 Å². The van der Waals surface area contributed by atoms with Crippen LogP contribution >= 0.6 is 0 Å². The normalized spacial score (nSPS) is 13.4. The first-order valence-corrected chi connectivity index (χ1v) is 15.0. The first-order chi connectivity index (χ1) is 20.5. The highest BCUT2D eigenvalue weighted by molar-refractivity contribution is 5.85. The number of carbonyl (C=O) groups excluding carboxylic acids is 2. The van der Waals surface area contributed by atoms with Crippen LogP contribution in [-0.4, -0.2) is 46.8 Å². The van der Waals surface area contributed by atoms with Crippen LogP contribution in [0.25, 0.3) is 10.9 Å². The summed E-state index contributed by atoms with van der Waals surface area (Å²) in [5.74, 6) is 0.813. The fourth-order valence-electron chi connectivity index (χ4n) is 6.02. The van der Waals surface area contributed by atoms with Gasteiger partial charge in [-0.1, -0.05) is 74.2 Å². The molecule has 1 N–H and O–H groups in total. The molecule has 42 heavy (non-hydrogen) atoms. The Bertz CT molecular complexity index is 1480. The molecule has 0 radical (unpaired) electrons. The lowest BCUT2D eigenvalue weighted by atomic mass is 10.0. The lowest BCUT2D eigenvalue weighted by Gasteiger charge is -2.29. The number of halogens is 1. The third-order valence-electron chi connectivity index (χ3n) is 8.44. The van der Waals surface area contributed by atoms with Gasteiger partial charge in [-0.3, -0.25) is 9.59 Å². The van der Waals surface area contributed by atoms with Crippen molar-refractivity contribution in [2.75, 3.05) is 20.2 Å². The van der Waals surface area contributed by atoms with E-state index in [4.69, 9.17) is 4.74 Å². The molecule has 4 aromatic rings. The fourth-order valence-corrected chi connectivity index (χ4v) is 6.02. The van der Waals surface area contributed by atoms with E-state index in [0.717, 1.165) is 39.8 Å². The van der Waals surface area contributed by atoms with Crippen LogP contribution in [0.2, 0.25) is 0 Å². The molecule has 1 heterocycles. The van der Waals surface area contributed by atoms with Crippen molar-refractivity contribution in [1.29, 1.82) is 0 Å². The summed E-state index contributed by atoms with van der Waals surface area (Å²) in [6, 6.07) is 22.0. The number of H-pyrrole nitrogens is 1.